The van der Waals surface area contributed by atoms with Crippen molar-refractivity contribution in [1.29, 1.82) is 5.26 Å². The summed E-state index contributed by atoms with van der Waals surface area (Å²) in [7, 11) is 3.89. The third-order valence-corrected chi connectivity index (χ3v) is 8.51. The van der Waals surface area contributed by atoms with Crippen LogP contribution in [0.3, 0.4) is 0 Å². The Morgan fingerprint density at radius 3 is 2.76 bits per heavy atom. The van der Waals surface area contributed by atoms with Gasteiger partial charge in [0.1, 0.15) is 0 Å². The van der Waals surface area contributed by atoms with E-state index in [9.17, 15) is 4.79 Å². The Hall–Kier alpha value is -3.60. The minimum Gasteiger partial charge on any atom is -0.366 e. The van der Waals surface area contributed by atoms with Crippen LogP contribution in [0.1, 0.15) is 37.7 Å². The average molecular weight is 496 g/mol. The van der Waals surface area contributed by atoms with Gasteiger partial charge in [0.15, 0.2) is 5.72 Å². The highest BCUT2D eigenvalue weighted by atomic mass is 16.5. The molecule has 37 heavy (non-hydrogen) atoms. The number of nitrogens with zero attached hydrogens (tertiary/aromatic N) is 4. The van der Waals surface area contributed by atoms with Gasteiger partial charge in [-0.1, -0.05) is 30.4 Å². The topological polar surface area (TPSA) is 77.3 Å². The third-order valence-electron chi connectivity index (χ3n) is 8.51. The van der Waals surface area contributed by atoms with Gasteiger partial charge < -0.3 is 9.64 Å². The zero-order valence-corrected chi connectivity index (χ0v) is 21.5. The highest BCUT2D eigenvalue weighted by molar-refractivity contribution is 5.62. The molecule has 7 nitrogen and oxygen atoms in total. The minimum atomic E-state index is -0.910. The van der Waals surface area contributed by atoms with Crippen LogP contribution in [0.5, 0.6) is 0 Å². The van der Waals surface area contributed by atoms with Gasteiger partial charge in [-0.25, -0.2) is 4.68 Å². The Bertz CT molecular complexity index is 1420. The number of hydrogen-bond donors (Lipinski definition) is 1. The monoisotopic (exact) mass is 495 g/mol. The van der Waals surface area contributed by atoms with Crippen LogP contribution < -0.4 is 5.56 Å². The van der Waals surface area contributed by atoms with E-state index in [1.165, 1.54) is 29.6 Å². The standard InChI is InChI=1S/C30H33N5O2/c1-33-15-4-6-27(33)24-5-3-16-34(20-24)28-12-11-23-13-14-30(37-2,17-25(23)28)35-29(36)26(19-32-35)22-9-7-21(18-31)8-10-22/h3,5,7-10,13,17,19-20,27-28,32H,4,6,11-12,14-16H2,1-2H3. The summed E-state index contributed by atoms with van der Waals surface area (Å²) in [6, 6.07) is 9.97. The van der Waals surface area contributed by atoms with E-state index in [0.717, 1.165) is 31.5 Å². The number of hydrogen-bond acceptors (Lipinski definition) is 5. The molecular weight excluding hydrogens is 462 g/mol. The molecule has 1 saturated heterocycles. The summed E-state index contributed by atoms with van der Waals surface area (Å²) < 4.78 is 7.72. The van der Waals surface area contributed by atoms with Gasteiger partial charge in [0.05, 0.1) is 23.2 Å². The van der Waals surface area contributed by atoms with Crippen LogP contribution in [0.2, 0.25) is 0 Å². The van der Waals surface area contributed by atoms with Crippen molar-refractivity contribution in [1.82, 2.24) is 19.6 Å². The molecule has 3 atom stereocenters. The van der Waals surface area contributed by atoms with Gasteiger partial charge >= 0.3 is 0 Å². The van der Waals surface area contributed by atoms with Gasteiger partial charge in [-0.3, -0.25) is 14.8 Å². The lowest BCUT2D eigenvalue weighted by molar-refractivity contribution is -0.0462. The lowest BCUT2D eigenvalue weighted by atomic mass is 9.91. The molecule has 1 saturated carbocycles. The Kier molecular flexibility index (Phi) is 6.02. The lowest BCUT2D eigenvalue weighted by Crippen LogP contribution is -2.43. The number of likely N-dealkylation sites (N-methyl/N-ethyl adjacent to an activating group) is 1. The maximum Gasteiger partial charge on any atom is 0.277 e. The van der Waals surface area contributed by atoms with Gasteiger partial charge in [-0.15, -0.1) is 0 Å². The van der Waals surface area contributed by atoms with Gasteiger partial charge in [0.2, 0.25) is 0 Å². The first-order chi connectivity index (χ1) is 18.0. The predicted molar refractivity (Wildman–Crippen MR) is 144 cm³/mol. The molecule has 7 heteroatoms. The quantitative estimate of drug-likeness (QED) is 0.670. The highest BCUT2D eigenvalue weighted by Crippen LogP contribution is 2.43. The minimum absolute atomic E-state index is 0.137. The number of nitriles is 1. The average Bonchev–Trinajstić information content (AvgIpc) is 3.66. The highest BCUT2D eigenvalue weighted by Gasteiger charge is 2.41. The fraction of sp³-hybridized carbons (Fsp3) is 0.400. The number of fused-ring (bicyclic) bond motifs is 1. The van der Waals surface area contributed by atoms with Crippen molar-refractivity contribution in [3.8, 4) is 17.2 Å². The molecule has 3 heterocycles. The van der Waals surface area contributed by atoms with E-state index in [4.69, 9.17) is 10.00 Å². The van der Waals surface area contributed by atoms with E-state index in [-0.39, 0.29) is 11.6 Å². The summed E-state index contributed by atoms with van der Waals surface area (Å²) in [4.78, 5) is 18.5. The van der Waals surface area contributed by atoms with Gasteiger partial charge in [0, 0.05) is 38.5 Å². The molecule has 2 aliphatic carbocycles. The number of aromatic nitrogens is 2. The number of ether oxygens (including phenoxy) is 1. The molecule has 6 rings (SSSR count). The van der Waals surface area contributed by atoms with Crippen molar-refractivity contribution < 1.29 is 4.74 Å². The number of likely N-dealkylation sites (tertiary alicyclic amines) is 1. The second kappa shape index (κ2) is 9.37. The molecule has 0 radical (unpaired) electrons. The van der Waals surface area contributed by atoms with Crippen molar-refractivity contribution in [2.24, 2.45) is 0 Å². The number of nitrogens with one attached hydrogen (secondary N) is 1. The largest absolute Gasteiger partial charge is 0.366 e. The first-order valence-electron chi connectivity index (χ1n) is 13.2. The van der Waals surface area contributed by atoms with Crippen molar-refractivity contribution in [3.63, 3.8) is 0 Å². The number of aromatic amines is 1. The second-order valence-corrected chi connectivity index (χ2v) is 10.5. The van der Waals surface area contributed by atoms with Crippen molar-refractivity contribution in [2.45, 2.75) is 49.9 Å². The normalized spacial score (nSPS) is 27.5. The van der Waals surface area contributed by atoms with Crippen molar-refractivity contribution in [3.05, 3.63) is 93.6 Å². The SMILES string of the molecule is COC1(n2[nH]cc(-c3ccc(C#N)cc3)c2=O)C=C2C(=CC1)CCC2N1C=C(C2CCCN2C)C=CC1. The Morgan fingerprint density at radius 1 is 1.19 bits per heavy atom. The molecular formula is C30H33N5O2. The van der Waals surface area contributed by atoms with Crippen molar-refractivity contribution >= 4 is 0 Å². The molecule has 1 N–H and O–H groups in total. The van der Waals surface area contributed by atoms with E-state index >= 15 is 0 Å². The maximum absolute atomic E-state index is 13.6. The smallest absolute Gasteiger partial charge is 0.277 e. The van der Waals surface area contributed by atoms with Crippen molar-refractivity contribution in [2.75, 3.05) is 27.2 Å². The molecule has 3 unspecified atom stereocenters. The van der Waals surface area contributed by atoms with E-state index in [1.54, 1.807) is 30.1 Å². The molecule has 190 valence electrons. The zero-order valence-electron chi connectivity index (χ0n) is 21.5. The summed E-state index contributed by atoms with van der Waals surface area (Å²) in [6.45, 7) is 2.05. The second-order valence-electron chi connectivity index (χ2n) is 10.5. The first-order valence-corrected chi connectivity index (χ1v) is 13.2. The van der Waals surface area contributed by atoms with Gasteiger partial charge in [0.25, 0.3) is 5.56 Å². The predicted octanol–water partition coefficient (Wildman–Crippen LogP) is 4.28. The molecule has 2 aliphatic heterocycles. The summed E-state index contributed by atoms with van der Waals surface area (Å²) >= 11 is 0. The molecule has 2 fully saturated rings. The molecule has 1 aromatic carbocycles. The number of benzene rings is 1. The van der Waals surface area contributed by atoms with E-state index in [1.807, 2.05) is 12.1 Å². The van der Waals surface area contributed by atoms with Crippen LogP contribution in [-0.4, -0.2) is 58.9 Å². The number of rotatable bonds is 5. The number of H-pyrrole nitrogens is 1. The Balaban J connectivity index is 1.33. The van der Waals surface area contributed by atoms with Crippen LogP contribution in [-0.2, 0) is 10.5 Å². The zero-order chi connectivity index (χ0) is 25.6. The lowest BCUT2D eigenvalue weighted by Gasteiger charge is -2.37. The number of methoxy groups -OCH3 is 1. The molecule has 0 spiro atoms. The van der Waals surface area contributed by atoms with Gasteiger partial charge in [-0.05, 0) is 79.8 Å². The summed E-state index contributed by atoms with van der Waals surface area (Å²) in [5, 5.41) is 12.3. The van der Waals surface area contributed by atoms with Crippen LogP contribution in [0.15, 0.2) is 82.5 Å². The van der Waals surface area contributed by atoms with Crippen LogP contribution in [0, 0.1) is 11.3 Å². The van der Waals surface area contributed by atoms with Crippen LogP contribution >= 0.6 is 0 Å². The summed E-state index contributed by atoms with van der Waals surface area (Å²) in [6.07, 6.45) is 18.3. The van der Waals surface area contributed by atoms with Crippen LogP contribution in [0.4, 0.5) is 0 Å². The summed E-state index contributed by atoms with van der Waals surface area (Å²) in [5.41, 5.74) is 4.89. The summed E-state index contributed by atoms with van der Waals surface area (Å²) in [5.74, 6) is 0. The van der Waals surface area contributed by atoms with Crippen LogP contribution in [0.25, 0.3) is 11.1 Å². The van der Waals surface area contributed by atoms with E-state index in [2.05, 4.69) is 58.5 Å². The molecule has 4 aliphatic rings. The van der Waals surface area contributed by atoms with E-state index < -0.39 is 5.72 Å². The fourth-order valence-corrected chi connectivity index (χ4v) is 6.45. The molecule has 0 amide bonds. The van der Waals surface area contributed by atoms with Gasteiger partial charge in [-0.2, -0.15) is 5.26 Å². The Labute approximate surface area is 217 Å². The van der Waals surface area contributed by atoms with E-state index in [0.29, 0.717) is 23.6 Å². The Morgan fingerprint density at radius 2 is 2.03 bits per heavy atom. The first kappa shape index (κ1) is 23.8. The fourth-order valence-electron chi connectivity index (χ4n) is 6.45. The molecule has 2 aromatic rings. The molecule has 1 aromatic heterocycles. The molecule has 0 bridgehead atoms. The third kappa shape index (κ3) is 4.01. The maximum atomic E-state index is 13.6.